The van der Waals surface area contributed by atoms with Gasteiger partial charge in [-0.2, -0.15) is 0 Å². The molecule has 1 fully saturated rings. The van der Waals surface area contributed by atoms with Crippen LogP contribution in [-0.4, -0.2) is 23.3 Å². The van der Waals surface area contributed by atoms with E-state index >= 15 is 0 Å². The number of carbonyl (C=O) groups excluding carboxylic acids is 1. The number of ether oxygens (including phenoxy) is 1. The van der Waals surface area contributed by atoms with E-state index in [-0.39, 0.29) is 12.6 Å². The summed E-state index contributed by atoms with van der Waals surface area (Å²) < 4.78 is 5.16. The summed E-state index contributed by atoms with van der Waals surface area (Å²) in [6.45, 7) is 0.259. The first-order chi connectivity index (χ1) is 9.25. The van der Waals surface area contributed by atoms with Crippen LogP contribution in [0.3, 0.4) is 0 Å². The van der Waals surface area contributed by atoms with Gasteiger partial charge < -0.3 is 15.2 Å². The number of amides is 1. The van der Waals surface area contributed by atoms with E-state index in [0.717, 1.165) is 37.7 Å². The van der Waals surface area contributed by atoms with Gasteiger partial charge in [-0.05, 0) is 18.4 Å². The lowest BCUT2D eigenvalue weighted by Crippen LogP contribution is -2.42. The van der Waals surface area contributed by atoms with Gasteiger partial charge in [0.05, 0.1) is 12.1 Å². The average Bonchev–Trinajstić information content (AvgIpc) is 2.63. The second-order valence-corrected chi connectivity index (χ2v) is 5.02. The molecule has 4 nitrogen and oxygen atoms in total. The minimum Gasteiger partial charge on any atom is -0.445 e. The maximum atomic E-state index is 11.7. The van der Waals surface area contributed by atoms with Crippen molar-refractivity contribution in [3.63, 3.8) is 0 Å². The molecule has 4 heteroatoms. The van der Waals surface area contributed by atoms with Crippen molar-refractivity contribution in [1.29, 1.82) is 0 Å². The summed E-state index contributed by atoms with van der Waals surface area (Å²) in [5.74, 6) is 0. The Morgan fingerprint density at radius 3 is 2.74 bits per heavy atom. The second kappa shape index (κ2) is 7.14. The van der Waals surface area contributed by atoms with Crippen molar-refractivity contribution in [1.82, 2.24) is 5.32 Å². The summed E-state index contributed by atoms with van der Waals surface area (Å²) in [5.41, 5.74) is 0.957. The molecule has 0 radical (unpaired) electrons. The van der Waals surface area contributed by atoms with Crippen molar-refractivity contribution >= 4 is 6.09 Å². The average molecular weight is 263 g/mol. The highest BCUT2D eigenvalue weighted by Crippen LogP contribution is 2.18. The Morgan fingerprint density at radius 1 is 1.21 bits per heavy atom. The summed E-state index contributed by atoms with van der Waals surface area (Å²) in [5, 5.41) is 12.7. The quantitative estimate of drug-likeness (QED) is 0.824. The highest BCUT2D eigenvalue weighted by molar-refractivity contribution is 5.67. The first kappa shape index (κ1) is 13.9. The van der Waals surface area contributed by atoms with Gasteiger partial charge in [-0.3, -0.25) is 0 Å². The molecule has 1 aliphatic carbocycles. The van der Waals surface area contributed by atoms with Gasteiger partial charge in [-0.1, -0.05) is 49.6 Å². The molecule has 2 atom stereocenters. The highest BCUT2D eigenvalue weighted by Gasteiger charge is 2.23. The third-order valence-electron chi connectivity index (χ3n) is 3.50. The predicted octanol–water partition coefficient (Wildman–Crippen LogP) is 2.61. The molecule has 2 N–H and O–H groups in total. The third kappa shape index (κ3) is 4.56. The number of nitrogens with one attached hydrogen (secondary N) is 1. The molecule has 19 heavy (non-hydrogen) atoms. The Bertz CT molecular complexity index is 394. The van der Waals surface area contributed by atoms with E-state index < -0.39 is 12.2 Å². The van der Waals surface area contributed by atoms with Crippen molar-refractivity contribution in [2.75, 3.05) is 0 Å². The smallest absolute Gasteiger partial charge is 0.407 e. The minimum absolute atomic E-state index is 0.175. The fourth-order valence-electron chi connectivity index (χ4n) is 2.37. The van der Waals surface area contributed by atoms with E-state index in [4.69, 9.17) is 4.74 Å². The van der Waals surface area contributed by atoms with E-state index in [1.165, 1.54) is 0 Å². The lowest BCUT2D eigenvalue weighted by atomic mass is 10.1. The van der Waals surface area contributed by atoms with Gasteiger partial charge in [0.2, 0.25) is 0 Å². The summed E-state index contributed by atoms with van der Waals surface area (Å²) in [6.07, 6.45) is 3.86. The van der Waals surface area contributed by atoms with E-state index in [1.54, 1.807) is 0 Å². The molecule has 1 saturated carbocycles. The lowest BCUT2D eigenvalue weighted by molar-refractivity contribution is 0.0977. The van der Waals surface area contributed by atoms with E-state index in [9.17, 15) is 9.90 Å². The summed E-state index contributed by atoms with van der Waals surface area (Å²) >= 11 is 0. The highest BCUT2D eigenvalue weighted by atomic mass is 16.5. The van der Waals surface area contributed by atoms with E-state index in [0.29, 0.717) is 0 Å². The van der Waals surface area contributed by atoms with Crippen molar-refractivity contribution in [3.8, 4) is 0 Å². The molecule has 0 saturated heterocycles. The van der Waals surface area contributed by atoms with Gasteiger partial charge in [-0.25, -0.2) is 4.79 Å². The van der Waals surface area contributed by atoms with Crippen LogP contribution in [-0.2, 0) is 11.3 Å². The number of carbonyl (C=O) groups is 1. The first-order valence-electron chi connectivity index (χ1n) is 6.91. The Morgan fingerprint density at radius 2 is 1.95 bits per heavy atom. The lowest BCUT2D eigenvalue weighted by Gasteiger charge is -2.21. The van der Waals surface area contributed by atoms with Gasteiger partial charge in [0.15, 0.2) is 0 Å². The predicted molar refractivity (Wildman–Crippen MR) is 72.6 cm³/mol. The zero-order valence-electron chi connectivity index (χ0n) is 11.0. The van der Waals surface area contributed by atoms with Crippen LogP contribution in [0.4, 0.5) is 4.79 Å². The first-order valence-corrected chi connectivity index (χ1v) is 6.91. The normalized spacial score (nSPS) is 23.4. The standard InChI is InChI=1S/C15H21NO3/c17-14-10-6-2-5-9-13(14)16-15(18)19-11-12-7-3-1-4-8-12/h1,3-4,7-8,13-14,17H,2,5-6,9-11H2,(H,16,18)/t13-,14-/m0/s1. The molecule has 1 aromatic rings. The number of benzene rings is 1. The van der Waals surface area contributed by atoms with Gasteiger partial charge in [0.1, 0.15) is 6.61 Å². The Hall–Kier alpha value is -1.55. The molecule has 0 aliphatic heterocycles. The minimum atomic E-state index is -0.452. The Kier molecular flexibility index (Phi) is 5.21. The molecule has 104 valence electrons. The van der Waals surface area contributed by atoms with Crippen LogP contribution in [0, 0.1) is 0 Å². The van der Waals surface area contributed by atoms with Crippen LogP contribution >= 0.6 is 0 Å². The molecule has 0 aromatic heterocycles. The van der Waals surface area contributed by atoms with Crippen LogP contribution in [0.2, 0.25) is 0 Å². The van der Waals surface area contributed by atoms with Crippen molar-refractivity contribution in [2.45, 2.75) is 50.9 Å². The molecule has 1 amide bonds. The Labute approximate surface area is 113 Å². The molecule has 0 bridgehead atoms. The molecular weight excluding hydrogens is 242 g/mol. The monoisotopic (exact) mass is 263 g/mol. The van der Waals surface area contributed by atoms with E-state index in [1.807, 2.05) is 30.3 Å². The maximum Gasteiger partial charge on any atom is 0.407 e. The fraction of sp³-hybridized carbons (Fsp3) is 0.533. The van der Waals surface area contributed by atoms with Gasteiger partial charge in [0.25, 0.3) is 0 Å². The molecule has 1 aliphatic rings. The van der Waals surface area contributed by atoms with Gasteiger partial charge in [0, 0.05) is 0 Å². The molecular formula is C15H21NO3. The van der Waals surface area contributed by atoms with Crippen molar-refractivity contribution < 1.29 is 14.6 Å². The van der Waals surface area contributed by atoms with Crippen molar-refractivity contribution in [2.24, 2.45) is 0 Å². The number of hydrogen-bond donors (Lipinski definition) is 2. The van der Waals surface area contributed by atoms with Crippen LogP contribution in [0.25, 0.3) is 0 Å². The maximum absolute atomic E-state index is 11.7. The molecule has 0 spiro atoms. The largest absolute Gasteiger partial charge is 0.445 e. The summed E-state index contributed by atoms with van der Waals surface area (Å²) in [7, 11) is 0. The summed E-state index contributed by atoms with van der Waals surface area (Å²) in [6, 6.07) is 9.38. The third-order valence-corrected chi connectivity index (χ3v) is 3.50. The zero-order chi connectivity index (χ0) is 13.5. The Balaban J connectivity index is 1.77. The number of aliphatic hydroxyl groups excluding tert-OH is 1. The van der Waals surface area contributed by atoms with Crippen LogP contribution in [0.15, 0.2) is 30.3 Å². The molecule has 0 unspecified atom stereocenters. The number of aliphatic hydroxyl groups is 1. The second-order valence-electron chi connectivity index (χ2n) is 5.02. The van der Waals surface area contributed by atoms with Gasteiger partial charge >= 0.3 is 6.09 Å². The SMILES string of the molecule is O=C(N[C@H]1CCCCC[C@@H]1O)OCc1ccccc1. The number of alkyl carbamates (subject to hydrolysis) is 1. The molecule has 1 aromatic carbocycles. The van der Waals surface area contributed by atoms with E-state index in [2.05, 4.69) is 5.32 Å². The van der Waals surface area contributed by atoms with Crippen LogP contribution < -0.4 is 5.32 Å². The van der Waals surface area contributed by atoms with Gasteiger partial charge in [-0.15, -0.1) is 0 Å². The van der Waals surface area contributed by atoms with Crippen molar-refractivity contribution in [3.05, 3.63) is 35.9 Å². The van der Waals surface area contributed by atoms with Crippen LogP contribution in [0.5, 0.6) is 0 Å². The topological polar surface area (TPSA) is 58.6 Å². The molecule has 2 rings (SSSR count). The van der Waals surface area contributed by atoms with Crippen LogP contribution in [0.1, 0.15) is 37.7 Å². The number of hydrogen-bond acceptors (Lipinski definition) is 3. The molecule has 0 heterocycles. The zero-order valence-corrected chi connectivity index (χ0v) is 11.0. The number of rotatable bonds is 3. The fourth-order valence-corrected chi connectivity index (χ4v) is 2.37. The summed E-state index contributed by atoms with van der Waals surface area (Å²) in [4.78, 5) is 11.7.